The van der Waals surface area contributed by atoms with Crippen molar-refractivity contribution in [3.05, 3.63) is 57.9 Å². The molecule has 0 bridgehead atoms. The van der Waals surface area contributed by atoms with Crippen molar-refractivity contribution in [1.29, 1.82) is 0 Å². The topological polar surface area (TPSA) is 72.1 Å². The van der Waals surface area contributed by atoms with Gasteiger partial charge in [-0.15, -0.1) is 0 Å². The van der Waals surface area contributed by atoms with E-state index in [1.54, 1.807) is 12.1 Å². The van der Waals surface area contributed by atoms with E-state index >= 15 is 0 Å². The summed E-state index contributed by atoms with van der Waals surface area (Å²) >= 11 is 5.68. The Bertz CT molecular complexity index is 737. The zero-order valence-corrected chi connectivity index (χ0v) is 12.4. The first-order chi connectivity index (χ1) is 10.5. The zero-order valence-electron chi connectivity index (χ0n) is 11.6. The second-order valence-electron chi connectivity index (χ2n) is 5.16. The van der Waals surface area contributed by atoms with Crippen molar-refractivity contribution >= 4 is 17.5 Å². The van der Waals surface area contributed by atoms with Crippen LogP contribution in [0.25, 0.3) is 0 Å². The molecule has 0 saturated carbocycles. The molecule has 5 nitrogen and oxygen atoms in total. The van der Waals surface area contributed by atoms with Gasteiger partial charge in [0, 0.05) is 25.2 Å². The number of aromatic nitrogens is 2. The third-order valence-corrected chi connectivity index (χ3v) is 3.85. The number of hydrogen-bond acceptors (Lipinski definition) is 4. The van der Waals surface area contributed by atoms with Gasteiger partial charge in [0.1, 0.15) is 5.82 Å². The first-order valence-corrected chi connectivity index (χ1v) is 7.14. The smallest absolute Gasteiger partial charge is 0.286 e. The third-order valence-electron chi connectivity index (χ3n) is 3.55. The molecule has 1 radical (unpaired) electrons. The lowest BCUT2D eigenvalue weighted by atomic mass is 10.1. The Hall–Kier alpha value is -2.05. The Labute approximate surface area is 131 Å². The molecule has 2 heterocycles. The highest BCUT2D eigenvalue weighted by atomic mass is 35.5. The summed E-state index contributed by atoms with van der Waals surface area (Å²) in [4.78, 5) is 21.3. The number of rotatable bonds is 3. The van der Waals surface area contributed by atoms with Gasteiger partial charge in [0.25, 0.3) is 5.91 Å². The molecule has 1 aliphatic rings. The van der Waals surface area contributed by atoms with E-state index in [-0.39, 0.29) is 10.8 Å². The van der Waals surface area contributed by atoms with Crippen LogP contribution < -0.4 is 5.73 Å². The summed E-state index contributed by atoms with van der Waals surface area (Å²) in [7, 11) is 0. The molecule has 1 aromatic carbocycles. The number of amides is 1. The summed E-state index contributed by atoms with van der Waals surface area (Å²) in [6.45, 7) is 1.90. The minimum atomic E-state index is -0.670. The number of halogens is 2. The van der Waals surface area contributed by atoms with Crippen molar-refractivity contribution < 1.29 is 9.18 Å². The maximum atomic E-state index is 13.5. The molecule has 0 fully saturated rings. The number of benzene rings is 1. The molecule has 0 atom stereocenters. The summed E-state index contributed by atoms with van der Waals surface area (Å²) in [5.74, 6) is -1.13. The Morgan fingerprint density at radius 2 is 2.32 bits per heavy atom. The van der Waals surface area contributed by atoms with Crippen LogP contribution in [0.5, 0.6) is 0 Å². The molecule has 113 valence electrons. The number of carbonyl (C=O) groups is 1. The molecule has 0 saturated heterocycles. The van der Waals surface area contributed by atoms with Gasteiger partial charge in [0.15, 0.2) is 0 Å². The second kappa shape index (κ2) is 5.98. The van der Waals surface area contributed by atoms with Gasteiger partial charge in [0.2, 0.25) is 5.82 Å². The molecular formula is C15H13ClFN4O. The Kier molecular flexibility index (Phi) is 4.04. The van der Waals surface area contributed by atoms with E-state index in [1.165, 1.54) is 6.07 Å². The number of nitrogens with zero attached hydrogens (tertiary/aromatic N) is 3. The first kappa shape index (κ1) is 14.9. The fraction of sp³-hybridized carbons (Fsp3) is 0.267. The number of hydrogen-bond donors (Lipinski definition) is 1. The molecule has 1 amide bonds. The molecule has 0 unspecified atom stereocenters. The van der Waals surface area contributed by atoms with Crippen molar-refractivity contribution in [3.63, 3.8) is 0 Å². The van der Waals surface area contributed by atoms with E-state index in [9.17, 15) is 9.18 Å². The van der Waals surface area contributed by atoms with Gasteiger partial charge in [-0.2, -0.15) is 0 Å². The Morgan fingerprint density at radius 1 is 1.50 bits per heavy atom. The molecule has 22 heavy (non-hydrogen) atoms. The van der Waals surface area contributed by atoms with Crippen LogP contribution in [0.15, 0.2) is 18.2 Å². The van der Waals surface area contributed by atoms with Crippen LogP contribution in [0.4, 0.5) is 4.39 Å². The van der Waals surface area contributed by atoms with Crippen molar-refractivity contribution in [3.8, 4) is 0 Å². The van der Waals surface area contributed by atoms with Gasteiger partial charge < -0.3 is 5.73 Å². The predicted octanol–water partition coefficient (Wildman–Crippen LogP) is 1.73. The van der Waals surface area contributed by atoms with E-state index in [4.69, 9.17) is 17.3 Å². The molecule has 2 N–H and O–H groups in total. The van der Waals surface area contributed by atoms with Gasteiger partial charge in [-0.25, -0.2) is 14.4 Å². The largest absolute Gasteiger partial charge is 0.363 e. The summed E-state index contributed by atoms with van der Waals surface area (Å²) in [6, 6.07) is 4.77. The number of carbonyl (C=O) groups excluding carboxylic acids is 1. The molecule has 1 aromatic heterocycles. The predicted molar refractivity (Wildman–Crippen MR) is 78.6 cm³/mol. The SMILES string of the molecule is NC(=O)c1n[c]c2c(n1)CN(Cc1ccc(Cl)c(F)c1)CC2. The Balaban J connectivity index is 1.77. The van der Waals surface area contributed by atoms with Gasteiger partial charge in [-0.05, 0) is 24.1 Å². The molecule has 2 aromatic rings. The van der Waals surface area contributed by atoms with Gasteiger partial charge in [-0.3, -0.25) is 9.69 Å². The maximum absolute atomic E-state index is 13.5. The fourth-order valence-corrected chi connectivity index (χ4v) is 2.56. The van der Waals surface area contributed by atoms with Crippen LogP contribution in [0.2, 0.25) is 5.02 Å². The van der Waals surface area contributed by atoms with E-state index in [0.717, 1.165) is 29.8 Å². The second-order valence-corrected chi connectivity index (χ2v) is 5.56. The summed E-state index contributed by atoms with van der Waals surface area (Å²) in [5.41, 5.74) is 7.65. The summed E-state index contributed by atoms with van der Waals surface area (Å²) < 4.78 is 13.5. The van der Waals surface area contributed by atoms with Crippen molar-refractivity contribution in [1.82, 2.24) is 14.9 Å². The average Bonchev–Trinajstić information content (AvgIpc) is 2.50. The third kappa shape index (κ3) is 3.08. The molecule has 0 aliphatic carbocycles. The lowest BCUT2D eigenvalue weighted by Crippen LogP contribution is -2.32. The monoisotopic (exact) mass is 319 g/mol. The first-order valence-electron chi connectivity index (χ1n) is 6.76. The lowest BCUT2D eigenvalue weighted by Gasteiger charge is -2.27. The highest BCUT2D eigenvalue weighted by Crippen LogP contribution is 2.20. The highest BCUT2D eigenvalue weighted by Gasteiger charge is 2.20. The highest BCUT2D eigenvalue weighted by molar-refractivity contribution is 6.30. The van der Waals surface area contributed by atoms with Crippen molar-refractivity contribution in [2.45, 2.75) is 19.5 Å². The Morgan fingerprint density at radius 3 is 3.05 bits per heavy atom. The van der Waals surface area contributed by atoms with Crippen LogP contribution in [0, 0.1) is 12.0 Å². The summed E-state index contributed by atoms with van der Waals surface area (Å²) in [5, 5.41) is 0.112. The number of primary amides is 1. The van der Waals surface area contributed by atoms with E-state index in [2.05, 4.69) is 21.1 Å². The lowest BCUT2D eigenvalue weighted by molar-refractivity contribution is 0.0989. The molecule has 1 aliphatic heterocycles. The minimum absolute atomic E-state index is 0.0295. The van der Waals surface area contributed by atoms with Gasteiger partial charge >= 0.3 is 0 Å². The number of nitrogens with two attached hydrogens (primary N) is 1. The van der Waals surface area contributed by atoms with E-state index in [1.807, 2.05) is 0 Å². The van der Waals surface area contributed by atoms with Crippen LogP contribution >= 0.6 is 11.6 Å². The number of fused-ring (bicyclic) bond motifs is 1. The van der Waals surface area contributed by atoms with Crippen molar-refractivity contribution in [2.24, 2.45) is 5.73 Å². The van der Waals surface area contributed by atoms with Crippen LogP contribution in [-0.2, 0) is 19.5 Å². The normalized spacial score (nSPS) is 14.6. The molecule has 7 heteroatoms. The molecule has 3 rings (SSSR count). The van der Waals surface area contributed by atoms with Gasteiger partial charge in [-0.1, -0.05) is 17.7 Å². The average molecular weight is 320 g/mol. The quantitative estimate of drug-likeness (QED) is 0.935. The van der Waals surface area contributed by atoms with E-state index < -0.39 is 11.7 Å². The molecule has 0 spiro atoms. The van der Waals surface area contributed by atoms with Crippen LogP contribution in [0.1, 0.15) is 27.4 Å². The van der Waals surface area contributed by atoms with Gasteiger partial charge in [0.05, 0.1) is 16.9 Å². The van der Waals surface area contributed by atoms with Crippen molar-refractivity contribution in [2.75, 3.05) is 6.54 Å². The van der Waals surface area contributed by atoms with Crippen LogP contribution in [0.3, 0.4) is 0 Å². The molecular weight excluding hydrogens is 307 g/mol. The van der Waals surface area contributed by atoms with Crippen LogP contribution in [-0.4, -0.2) is 27.3 Å². The zero-order chi connectivity index (χ0) is 15.7. The minimum Gasteiger partial charge on any atom is -0.363 e. The standard InChI is InChI=1S/C15H13ClFN4O/c16-11-2-1-9(5-12(11)17)7-21-4-3-10-6-19-15(14(18)22)20-13(10)8-21/h1-2,5H,3-4,7-8H2,(H2,18,22). The fourth-order valence-electron chi connectivity index (χ4n) is 2.44. The maximum Gasteiger partial charge on any atom is 0.286 e. The summed E-state index contributed by atoms with van der Waals surface area (Å²) in [6.07, 6.45) is 3.55. The van der Waals surface area contributed by atoms with E-state index in [0.29, 0.717) is 13.1 Å².